The number of fused-ring (bicyclic) bond motifs is 1. The molecule has 0 atom stereocenters. The van der Waals surface area contributed by atoms with Gasteiger partial charge in [0.25, 0.3) is 5.56 Å². The fourth-order valence-electron chi connectivity index (χ4n) is 2.23. The molecule has 0 radical (unpaired) electrons. The fourth-order valence-corrected chi connectivity index (χ4v) is 3.25. The molecule has 2 rings (SSSR count). The van der Waals surface area contributed by atoms with Gasteiger partial charge in [-0.25, -0.2) is 9.78 Å². The summed E-state index contributed by atoms with van der Waals surface area (Å²) in [5.41, 5.74) is 0.283. The van der Waals surface area contributed by atoms with Crippen molar-refractivity contribution in [2.75, 3.05) is 6.61 Å². The van der Waals surface area contributed by atoms with E-state index in [2.05, 4.69) is 4.98 Å². The summed E-state index contributed by atoms with van der Waals surface area (Å²) in [4.78, 5) is 41.3. The van der Waals surface area contributed by atoms with Gasteiger partial charge in [0, 0.05) is 6.54 Å². The first-order valence-electron chi connectivity index (χ1n) is 7.70. The van der Waals surface area contributed by atoms with Gasteiger partial charge in [0.1, 0.15) is 9.71 Å². The summed E-state index contributed by atoms with van der Waals surface area (Å²) in [6.07, 6.45) is 1.24. The largest absolute Gasteiger partial charge is 0.466 e. The lowest BCUT2D eigenvalue weighted by atomic mass is 10.2. The normalized spacial score (nSPS) is 11.0. The zero-order valence-electron chi connectivity index (χ0n) is 14.1. The van der Waals surface area contributed by atoms with Crippen LogP contribution in [0.3, 0.4) is 0 Å². The van der Waals surface area contributed by atoms with Crippen molar-refractivity contribution in [1.29, 1.82) is 0 Å². The molecule has 0 aliphatic heterocycles. The number of hydrogen-bond acceptors (Lipinski definition) is 7. The number of thiophene rings is 1. The van der Waals surface area contributed by atoms with Gasteiger partial charge in [-0.3, -0.25) is 14.2 Å². The van der Waals surface area contributed by atoms with E-state index < -0.39 is 5.97 Å². The molecule has 0 fully saturated rings. The van der Waals surface area contributed by atoms with Gasteiger partial charge < -0.3 is 9.47 Å². The van der Waals surface area contributed by atoms with Gasteiger partial charge in [0.2, 0.25) is 0 Å². The minimum atomic E-state index is -0.456. The molecule has 0 aliphatic carbocycles. The van der Waals surface area contributed by atoms with Crippen molar-refractivity contribution in [3.05, 3.63) is 27.1 Å². The Morgan fingerprint density at radius 2 is 2.08 bits per heavy atom. The van der Waals surface area contributed by atoms with Crippen molar-refractivity contribution in [2.45, 2.75) is 46.8 Å². The number of rotatable bonds is 6. The molecule has 0 aliphatic rings. The van der Waals surface area contributed by atoms with Crippen LogP contribution in [0, 0.1) is 6.92 Å². The Hall–Kier alpha value is -2.22. The van der Waals surface area contributed by atoms with Crippen LogP contribution in [0.5, 0.6) is 0 Å². The molecular formula is C16H20N2O5S. The maximum absolute atomic E-state index is 12.6. The molecule has 0 spiro atoms. The molecular weight excluding hydrogens is 332 g/mol. The Bertz CT molecular complexity index is 822. The number of esters is 2. The number of ether oxygens (including phenoxy) is 2. The van der Waals surface area contributed by atoms with Crippen LogP contribution in [0.1, 0.15) is 42.4 Å². The molecule has 8 heteroatoms. The molecule has 0 amide bonds. The third-order valence-corrected chi connectivity index (χ3v) is 4.49. The van der Waals surface area contributed by atoms with E-state index >= 15 is 0 Å². The second-order valence-corrected chi connectivity index (χ2v) is 6.49. The maximum Gasteiger partial charge on any atom is 0.348 e. The SMILES string of the molecule is CCOC(=O)CCn1cnc2sc(C(=O)OC(C)C)c(C)c2c1=O. The predicted octanol–water partition coefficient (Wildman–Crippen LogP) is 2.28. The lowest BCUT2D eigenvalue weighted by Gasteiger charge is -2.06. The average Bonchev–Trinajstić information content (AvgIpc) is 2.84. The Labute approximate surface area is 143 Å². The topological polar surface area (TPSA) is 87.5 Å². The Morgan fingerprint density at radius 3 is 2.71 bits per heavy atom. The van der Waals surface area contributed by atoms with Crippen LogP contribution in [-0.2, 0) is 20.8 Å². The van der Waals surface area contributed by atoms with Crippen LogP contribution in [0.4, 0.5) is 0 Å². The van der Waals surface area contributed by atoms with E-state index in [1.165, 1.54) is 10.9 Å². The first kappa shape index (κ1) is 18.1. The minimum Gasteiger partial charge on any atom is -0.466 e. The Balaban J connectivity index is 2.34. The highest BCUT2D eigenvalue weighted by Crippen LogP contribution is 2.27. The molecule has 2 heterocycles. The van der Waals surface area contributed by atoms with E-state index in [1.807, 2.05) is 0 Å². The lowest BCUT2D eigenvalue weighted by Crippen LogP contribution is -2.22. The second-order valence-electron chi connectivity index (χ2n) is 5.49. The lowest BCUT2D eigenvalue weighted by molar-refractivity contribution is -0.143. The summed E-state index contributed by atoms with van der Waals surface area (Å²) in [5, 5.41) is 0.391. The first-order chi connectivity index (χ1) is 11.3. The van der Waals surface area contributed by atoms with Crippen molar-refractivity contribution >= 4 is 33.5 Å². The van der Waals surface area contributed by atoms with Gasteiger partial charge in [-0.1, -0.05) is 0 Å². The summed E-state index contributed by atoms with van der Waals surface area (Å²) >= 11 is 1.14. The zero-order valence-corrected chi connectivity index (χ0v) is 14.9. The Morgan fingerprint density at radius 1 is 1.38 bits per heavy atom. The highest BCUT2D eigenvalue weighted by molar-refractivity contribution is 7.20. The molecule has 0 unspecified atom stereocenters. The summed E-state index contributed by atoms with van der Waals surface area (Å²) in [6, 6.07) is 0. The van der Waals surface area contributed by atoms with Crippen LogP contribution in [0.25, 0.3) is 10.2 Å². The molecule has 0 N–H and O–H groups in total. The molecule has 130 valence electrons. The number of hydrogen-bond donors (Lipinski definition) is 0. The van der Waals surface area contributed by atoms with Gasteiger partial charge in [0.05, 0.1) is 30.8 Å². The zero-order chi connectivity index (χ0) is 17.9. The molecule has 7 nitrogen and oxygen atoms in total. The predicted molar refractivity (Wildman–Crippen MR) is 90.4 cm³/mol. The van der Waals surface area contributed by atoms with Crippen molar-refractivity contribution < 1.29 is 19.1 Å². The number of nitrogens with zero attached hydrogens (tertiary/aromatic N) is 2. The minimum absolute atomic E-state index is 0.0896. The van der Waals surface area contributed by atoms with E-state index in [0.29, 0.717) is 27.3 Å². The smallest absolute Gasteiger partial charge is 0.348 e. The first-order valence-corrected chi connectivity index (χ1v) is 8.51. The maximum atomic E-state index is 12.6. The third kappa shape index (κ3) is 3.81. The fraction of sp³-hybridized carbons (Fsp3) is 0.500. The third-order valence-electron chi connectivity index (χ3n) is 3.31. The molecule has 2 aromatic heterocycles. The highest BCUT2D eigenvalue weighted by atomic mass is 32.1. The summed E-state index contributed by atoms with van der Waals surface area (Å²) in [5.74, 6) is -0.823. The average molecular weight is 352 g/mol. The molecule has 0 aromatic carbocycles. The van der Waals surface area contributed by atoms with Crippen LogP contribution in [-0.4, -0.2) is 34.2 Å². The molecule has 2 aromatic rings. The highest BCUT2D eigenvalue weighted by Gasteiger charge is 2.21. The van der Waals surface area contributed by atoms with Crippen molar-refractivity contribution in [3.8, 4) is 0 Å². The summed E-state index contributed by atoms with van der Waals surface area (Å²) < 4.78 is 11.4. The van der Waals surface area contributed by atoms with Crippen molar-refractivity contribution in [3.63, 3.8) is 0 Å². The van der Waals surface area contributed by atoms with E-state index in [9.17, 15) is 14.4 Å². The second kappa shape index (κ2) is 7.57. The number of aromatic nitrogens is 2. The van der Waals surface area contributed by atoms with Crippen molar-refractivity contribution in [2.24, 2.45) is 0 Å². The number of carbonyl (C=O) groups excluding carboxylic acids is 2. The van der Waals surface area contributed by atoms with Crippen LogP contribution in [0.2, 0.25) is 0 Å². The quantitative estimate of drug-likeness (QED) is 0.741. The van der Waals surface area contributed by atoms with Gasteiger partial charge >= 0.3 is 11.9 Å². The monoisotopic (exact) mass is 352 g/mol. The van der Waals surface area contributed by atoms with E-state index in [0.717, 1.165) is 11.3 Å². The van der Waals surface area contributed by atoms with E-state index in [4.69, 9.17) is 9.47 Å². The van der Waals surface area contributed by atoms with Gasteiger partial charge in [-0.05, 0) is 33.3 Å². The standard InChI is InChI=1S/C16H20N2O5S/c1-5-22-11(19)6-7-18-8-17-14-12(15(18)20)10(4)13(24-14)16(21)23-9(2)3/h8-9H,5-7H2,1-4H3. The molecule has 24 heavy (non-hydrogen) atoms. The van der Waals surface area contributed by atoms with Gasteiger partial charge in [0.15, 0.2) is 0 Å². The van der Waals surface area contributed by atoms with Crippen molar-refractivity contribution in [1.82, 2.24) is 9.55 Å². The Kier molecular flexibility index (Phi) is 5.71. The molecule has 0 saturated heterocycles. The van der Waals surface area contributed by atoms with Crippen LogP contribution >= 0.6 is 11.3 Å². The number of aryl methyl sites for hydroxylation is 2. The van der Waals surface area contributed by atoms with Gasteiger partial charge in [-0.2, -0.15) is 0 Å². The molecule has 0 bridgehead atoms. The number of carbonyl (C=O) groups is 2. The van der Waals surface area contributed by atoms with Gasteiger partial charge in [-0.15, -0.1) is 11.3 Å². The van der Waals surface area contributed by atoms with E-state index in [1.54, 1.807) is 27.7 Å². The van der Waals surface area contributed by atoms with Crippen LogP contribution in [0.15, 0.2) is 11.1 Å². The van der Waals surface area contributed by atoms with E-state index in [-0.39, 0.29) is 30.6 Å². The summed E-state index contributed by atoms with van der Waals surface area (Å²) in [7, 11) is 0. The van der Waals surface area contributed by atoms with Crippen LogP contribution < -0.4 is 5.56 Å². The molecule has 0 saturated carbocycles. The summed E-state index contributed by atoms with van der Waals surface area (Å²) in [6.45, 7) is 7.44.